The van der Waals surface area contributed by atoms with Crippen LogP contribution < -0.4 is 5.32 Å². The summed E-state index contributed by atoms with van der Waals surface area (Å²) < 4.78 is 11.8. The Morgan fingerprint density at radius 1 is 0.492 bits per heavy atom. The molecule has 0 aliphatic carbocycles. The Bertz CT molecular complexity index is 4140. The van der Waals surface area contributed by atoms with E-state index in [2.05, 4.69) is 198 Å². The van der Waals surface area contributed by atoms with Gasteiger partial charge < -0.3 is 14.3 Å². The van der Waals surface area contributed by atoms with Crippen molar-refractivity contribution in [3.05, 3.63) is 211 Å². The van der Waals surface area contributed by atoms with E-state index in [0.29, 0.717) is 11.7 Å². The van der Waals surface area contributed by atoms with Crippen molar-refractivity contribution < 1.29 is 4.42 Å². The van der Waals surface area contributed by atoms with E-state index in [1.54, 1.807) is 11.3 Å². The number of rotatable bonds is 4. The highest BCUT2D eigenvalue weighted by Crippen LogP contribution is 2.42. The number of nitrogens with zero attached hydrogens (tertiary/aromatic N) is 3. The van der Waals surface area contributed by atoms with E-state index in [1.807, 2.05) is 6.07 Å². The SMILES string of the molecule is c1ccc2cc3c(cc2c1)c1ccc2ccccc2c1n3-c1cc(C2=NC(c3ccc4c(c3)sc3ccccc34)=NC(c3cccc4ccccc34)N2)c2oc3ccccc3c2c1. The van der Waals surface area contributed by atoms with Gasteiger partial charge in [0.2, 0.25) is 0 Å². The molecule has 1 atom stereocenters. The molecule has 1 aliphatic heterocycles. The Morgan fingerprint density at radius 2 is 1.17 bits per heavy atom. The van der Waals surface area contributed by atoms with Crippen LogP contribution in [0.3, 0.4) is 0 Å². The summed E-state index contributed by atoms with van der Waals surface area (Å²) in [6.45, 7) is 0. The zero-order valence-electron chi connectivity index (χ0n) is 33.7. The van der Waals surface area contributed by atoms with Crippen molar-refractivity contribution in [2.45, 2.75) is 6.17 Å². The van der Waals surface area contributed by atoms with Gasteiger partial charge in [0.15, 0.2) is 5.84 Å². The molecular weight excluding hydrogens is 789 g/mol. The van der Waals surface area contributed by atoms with Gasteiger partial charge in [-0.15, -0.1) is 11.3 Å². The van der Waals surface area contributed by atoms with Crippen molar-refractivity contribution in [1.82, 2.24) is 9.88 Å². The maximum atomic E-state index is 6.89. The predicted molar refractivity (Wildman–Crippen MR) is 265 cm³/mol. The zero-order valence-corrected chi connectivity index (χ0v) is 34.5. The lowest BCUT2D eigenvalue weighted by Gasteiger charge is -2.25. The van der Waals surface area contributed by atoms with Crippen LogP contribution >= 0.6 is 11.3 Å². The number of hydrogen-bond acceptors (Lipinski definition) is 5. The molecule has 1 unspecified atom stereocenters. The first kappa shape index (κ1) is 34.6. The normalized spacial score (nSPS) is 14.5. The number of fused-ring (bicyclic) bond motifs is 13. The van der Waals surface area contributed by atoms with Gasteiger partial charge in [0.05, 0.1) is 16.6 Å². The largest absolute Gasteiger partial charge is 0.455 e. The van der Waals surface area contributed by atoms with Gasteiger partial charge in [0.1, 0.15) is 23.2 Å². The van der Waals surface area contributed by atoms with Crippen LogP contribution in [0, 0.1) is 0 Å². The molecular formula is C57H34N4OS. The van der Waals surface area contributed by atoms with E-state index in [9.17, 15) is 0 Å². The van der Waals surface area contributed by atoms with Crippen LogP contribution in [0.4, 0.5) is 0 Å². The molecule has 0 saturated heterocycles. The molecule has 0 bridgehead atoms. The summed E-state index contributed by atoms with van der Waals surface area (Å²) in [6, 6.07) is 69.8. The quantitative estimate of drug-likeness (QED) is 0.192. The van der Waals surface area contributed by atoms with E-state index in [0.717, 1.165) is 60.6 Å². The average molecular weight is 823 g/mol. The number of benzene rings is 10. The van der Waals surface area contributed by atoms with Gasteiger partial charge >= 0.3 is 0 Å². The number of thiophene rings is 1. The molecule has 1 aliphatic rings. The Labute approximate surface area is 364 Å². The summed E-state index contributed by atoms with van der Waals surface area (Å²) >= 11 is 1.81. The first-order valence-electron chi connectivity index (χ1n) is 21.3. The highest BCUT2D eigenvalue weighted by molar-refractivity contribution is 7.25. The van der Waals surface area contributed by atoms with E-state index < -0.39 is 6.17 Å². The second-order valence-corrected chi connectivity index (χ2v) is 17.6. The first-order valence-corrected chi connectivity index (χ1v) is 22.1. The lowest BCUT2D eigenvalue weighted by Crippen LogP contribution is -2.34. The summed E-state index contributed by atoms with van der Waals surface area (Å²) in [5.41, 5.74) is 7.87. The molecule has 10 aromatic carbocycles. The monoisotopic (exact) mass is 822 g/mol. The van der Waals surface area contributed by atoms with Gasteiger partial charge in [0, 0.05) is 63.9 Å². The highest BCUT2D eigenvalue weighted by Gasteiger charge is 2.27. The topological polar surface area (TPSA) is 54.8 Å². The van der Waals surface area contributed by atoms with E-state index in [4.69, 9.17) is 14.4 Å². The second kappa shape index (κ2) is 13.2. The standard InChI is InChI=1S/C57H34N4OS/c1-2-15-36-29-49-46(28-35(36)14-1)44-27-24-34-13-4-6-18-40(34)53(44)61(49)38-31-47-41-19-7-9-22-50(41)62-54(47)48(32-38)57-59-55(37-25-26-43-42-20-8-10-23-51(42)63-52(43)30-37)58-56(60-57)45-21-11-16-33-12-3-5-17-39(33)45/h1-32,56H,(H,58,59,60). The van der Waals surface area contributed by atoms with Crippen LogP contribution in [-0.4, -0.2) is 16.2 Å². The van der Waals surface area contributed by atoms with Gasteiger partial charge in [0.25, 0.3) is 0 Å². The third kappa shape index (κ3) is 5.22. The number of furan rings is 1. The summed E-state index contributed by atoms with van der Waals surface area (Å²) in [4.78, 5) is 10.9. The van der Waals surface area contributed by atoms with Gasteiger partial charge in [-0.25, -0.2) is 9.98 Å². The fraction of sp³-hybridized carbons (Fsp3) is 0.0175. The zero-order chi connectivity index (χ0) is 41.2. The molecule has 63 heavy (non-hydrogen) atoms. The van der Waals surface area contributed by atoms with Gasteiger partial charge in [-0.2, -0.15) is 0 Å². The first-order chi connectivity index (χ1) is 31.2. The third-order valence-electron chi connectivity index (χ3n) is 13.0. The summed E-state index contributed by atoms with van der Waals surface area (Å²) in [6.07, 6.45) is -0.427. The number of aliphatic imine (C=N–C) groups is 2. The molecule has 4 heterocycles. The fourth-order valence-electron chi connectivity index (χ4n) is 10.1. The minimum atomic E-state index is -0.427. The number of amidine groups is 2. The van der Waals surface area contributed by atoms with Crippen LogP contribution in [0.25, 0.3) is 102 Å². The Kier molecular flexibility index (Phi) is 7.27. The molecule has 3 aromatic heterocycles. The van der Waals surface area contributed by atoms with Crippen molar-refractivity contribution in [3.63, 3.8) is 0 Å². The molecule has 0 fully saturated rings. The smallest absolute Gasteiger partial charge is 0.159 e. The van der Waals surface area contributed by atoms with Crippen molar-refractivity contribution >= 4 is 119 Å². The molecule has 0 spiro atoms. The minimum Gasteiger partial charge on any atom is -0.455 e. The molecule has 5 nitrogen and oxygen atoms in total. The summed E-state index contributed by atoms with van der Waals surface area (Å²) in [5, 5.41) is 18.0. The molecule has 1 N–H and O–H groups in total. The van der Waals surface area contributed by atoms with E-state index in [-0.39, 0.29) is 0 Å². The molecule has 294 valence electrons. The minimum absolute atomic E-state index is 0.427. The number of hydrogen-bond donors (Lipinski definition) is 1. The summed E-state index contributed by atoms with van der Waals surface area (Å²) in [5.74, 6) is 1.38. The number of aromatic nitrogens is 1. The highest BCUT2D eigenvalue weighted by atomic mass is 32.1. The summed E-state index contributed by atoms with van der Waals surface area (Å²) in [7, 11) is 0. The molecule has 6 heteroatoms. The van der Waals surface area contributed by atoms with Crippen molar-refractivity contribution in [2.75, 3.05) is 0 Å². The Hall–Kier alpha value is -8.06. The lowest BCUT2D eigenvalue weighted by molar-refractivity contribution is 0.661. The van der Waals surface area contributed by atoms with Gasteiger partial charge in [-0.1, -0.05) is 152 Å². The molecule has 0 saturated carbocycles. The van der Waals surface area contributed by atoms with Gasteiger partial charge in [-0.05, 0) is 69.4 Å². The molecule has 0 amide bonds. The molecule has 0 radical (unpaired) electrons. The Morgan fingerprint density at radius 3 is 2.05 bits per heavy atom. The maximum absolute atomic E-state index is 6.89. The van der Waals surface area contributed by atoms with Crippen LogP contribution in [0.2, 0.25) is 0 Å². The second-order valence-electron chi connectivity index (χ2n) is 16.5. The van der Waals surface area contributed by atoms with Crippen LogP contribution in [-0.2, 0) is 0 Å². The number of para-hydroxylation sites is 1. The average Bonchev–Trinajstić information content (AvgIpc) is 4.02. The van der Waals surface area contributed by atoms with E-state index in [1.165, 1.54) is 58.0 Å². The van der Waals surface area contributed by atoms with Crippen molar-refractivity contribution in [1.29, 1.82) is 0 Å². The fourth-order valence-corrected chi connectivity index (χ4v) is 11.2. The maximum Gasteiger partial charge on any atom is 0.159 e. The molecule has 14 rings (SSSR count). The predicted octanol–water partition coefficient (Wildman–Crippen LogP) is 15.0. The van der Waals surface area contributed by atoms with Gasteiger partial charge in [-0.3, -0.25) is 0 Å². The lowest BCUT2D eigenvalue weighted by atomic mass is 10.0. The van der Waals surface area contributed by atoms with Crippen LogP contribution in [0.15, 0.2) is 209 Å². The Balaban J connectivity index is 1.06. The van der Waals surface area contributed by atoms with Crippen LogP contribution in [0.1, 0.15) is 22.9 Å². The van der Waals surface area contributed by atoms with Crippen molar-refractivity contribution in [2.24, 2.45) is 9.98 Å². The molecule has 13 aromatic rings. The van der Waals surface area contributed by atoms with Crippen LogP contribution in [0.5, 0.6) is 0 Å². The van der Waals surface area contributed by atoms with Crippen molar-refractivity contribution in [3.8, 4) is 5.69 Å². The third-order valence-corrected chi connectivity index (χ3v) is 14.1. The number of nitrogens with one attached hydrogen (secondary N) is 1. The van der Waals surface area contributed by atoms with E-state index >= 15 is 0 Å².